The van der Waals surface area contributed by atoms with Crippen molar-refractivity contribution in [3.8, 4) is 0 Å². The summed E-state index contributed by atoms with van der Waals surface area (Å²) in [5.41, 5.74) is 5.01. The Balaban J connectivity index is 0.00000225. The number of nitrogens with one attached hydrogen (secondary N) is 1. The first-order valence-corrected chi connectivity index (χ1v) is 7.63. The standard InChI is InChI=1S/C16H11Cl2N3O3.H2O/c17-10-2-1-3-11(18)8(10)6-21-7-9(16(19)24)15(23)14-12(21)4-5-13(22)20-14;/h1-5,7H,6H2,(H2,19,24)(H,20,22);1H2. The van der Waals surface area contributed by atoms with Gasteiger partial charge in [-0.15, -0.1) is 0 Å². The molecule has 3 aromatic rings. The molecule has 0 fully saturated rings. The minimum atomic E-state index is -0.884. The van der Waals surface area contributed by atoms with Gasteiger partial charge in [0.1, 0.15) is 11.1 Å². The molecule has 0 aliphatic rings. The number of carbonyl (C=O) groups is 1. The molecule has 0 radical (unpaired) electrons. The van der Waals surface area contributed by atoms with Crippen LogP contribution >= 0.6 is 23.2 Å². The average Bonchev–Trinajstić information content (AvgIpc) is 2.53. The molecule has 0 aliphatic heterocycles. The van der Waals surface area contributed by atoms with E-state index in [0.717, 1.165) is 0 Å². The van der Waals surface area contributed by atoms with Crippen molar-refractivity contribution in [2.75, 3.05) is 0 Å². The Morgan fingerprint density at radius 1 is 1.12 bits per heavy atom. The van der Waals surface area contributed by atoms with Crippen LogP contribution < -0.4 is 16.7 Å². The molecule has 2 aromatic heterocycles. The third kappa shape index (κ3) is 3.43. The zero-order valence-electron chi connectivity index (χ0n) is 12.7. The first-order valence-electron chi connectivity index (χ1n) is 6.87. The number of nitrogens with two attached hydrogens (primary N) is 1. The van der Waals surface area contributed by atoms with E-state index in [-0.39, 0.29) is 23.1 Å². The van der Waals surface area contributed by atoms with Crippen LogP contribution in [0, 0.1) is 0 Å². The molecule has 0 saturated heterocycles. The number of fused-ring (bicyclic) bond motifs is 1. The van der Waals surface area contributed by atoms with Gasteiger partial charge in [-0.25, -0.2) is 0 Å². The number of amides is 1. The molecule has 0 saturated carbocycles. The molecule has 0 spiro atoms. The summed E-state index contributed by atoms with van der Waals surface area (Å²) in [5, 5.41) is 0.888. The topological polar surface area (TPSA) is 129 Å². The Labute approximate surface area is 150 Å². The summed E-state index contributed by atoms with van der Waals surface area (Å²) in [4.78, 5) is 37.9. The third-order valence-electron chi connectivity index (χ3n) is 3.62. The van der Waals surface area contributed by atoms with Crippen LogP contribution in [0.1, 0.15) is 15.9 Å². The van der Waals surface area contributed by atoms with Crippen LogP contribution in [-0.2, 0) is 6.54 Å². The second-order valence-electron chi connectivity index (χ2n) is 5.15. The van der Waals surface area contributed by atoms with Crippen LogP contribution in [-0.4, -0.2) is 20.9 Å². The molecule has 3 rings (SSSR count). The minimum absolute atomic E-state index is 0. The summed E-state index contributed by atoms with van der Waals surface area (Å²) in [5.74, 6) is -0.884. The number of halogens is 2. The van der Waals surface area contributed by atoms with Gasteiger partial charge in [-0.1, -0.05) is 29.3 Å². The van der Waals surface area contributed by atoms with E-state index in [1.807, 2.05) is 0 Å². The van der Waals surface area contributed by atoms with E-state index in [0.29, 0.717) is 21.1 Å². The monoisotopic (exact) mass is 381 g/mol. The molecule has 1 aromatic carbocycles. The first kappa shape index (κ1) is 18.7. The molecule has 9 heteroatoms. The molecule has 7 nitrogen and oxygen atoms in total. The lowest BCUT2D eigenvalue weighted by molar-refractivity contribution is 0.0998. The fourth-order valence-corrected chi connectivity index (χ4v) is 2.97. The van der Waals surface area contributed by atoms with E-state index in [9.17, 15) is 14.4 Å². The molecule has 2 heterocycles. The highest BCUT2D eigenvalue weighted by Crippen LogP contribution is 2.26. The molecular weight excluding hydrogens is 369 g/mol. The summed E-state index contributed by atoms with van der Waals surface area (Å²) in [6, 6.07) is 7.86. The molecule has 0 aliphatic carbocycles. The molecule has 1 amide bonds. The number of primary amides is 1. The van der Waals surface area contributed by atoms with Crippen molar-refractivity contribution in [3.63, 3.8) is 0 Å². The van der Waals surface area contributed by atoms with Gasteiger partial charge in [0, 0.05) is 27.9 Å². The van der Waals surface area contributed by atoms with Gasteiger partial charge < -0.3 is 20.8 Å². The molecule has 0 atom stereocenters. The lowest BCUT2D eigenvalue weighted by Crippen LogP contribution is -2.26. The molecule has 130 valence electrons. The van der Waals surface area contributed by atoms with E-state index in [1.54, 1.807) is 22.8 Å². The smallest absolute Gasteiger partial charge is 0.254 e. The molecule has 5 N–H and O–H groups in total. The fraction of sp³-hybridized carbons (Fsp3) is 0.0625. The van der Waals surface area contributed by atoms with Gasteiger partial charge in [0.2, 0.25) is 11.0 Å². The maximum Gasteiger partial charge on any atom is 0.254 e. The average molecular weight is 382 g/mol. The number of benzene rings is 1. The Morgan fingerprint density at radius 2 is 1.76 bits per heavy atom. The Kier molecular flexibility index (Phi) is 5.32. The van der Waals surface area contributed by atoms with Crippen LogP contribution in [0.4, 0.5) is 0 Å². The van der Waals surface area contributed by atoms with E-state index in [2.05, 4.69) is 4.98 Å². The van der Waals surface area contributed by atoms with E-state index in [4.69, 9.17) is 28.9 Å². The normalized spacial score (nSPS) is 10.5. The van der Waals surface area contributed by atoms with E-state index >= 15 is 0 Å². The van der Waals surface area contributed by atoms with Crippen molar-refractivity contribution in [1.29, 1.82) is 0 Å². The number of aromatic nitrogens is 2. The molecular formula is C16H13Cl2N3O4. The van der Waals surface area contributed by atoms with Crippen molar-refractivity contribution in [3.05, 3.63) is 78.3 Å². The van der Waals surface area contributed by atoms with Crippen LogP contribution in [0.3, 0.4) is 0 Å². The highest BCUT2D eigenvalue weighted by atomic mass is 35.5. The zero-order valence-corrected chi connectivity index (χ0v) is 14.2. The Bertz CT molecular complexity index is 1070. The number of hydrogen-bond acceptors (Lipinski definition) is 3. The van der Waals surface area contributed by atoms with Crippen molar-refractivity contribution in [1.82, 2.24) is 9.55 Å². The van der Waals surface area contributed by atoms with Gasteiger partial charge >= 0.3 is 0 Å². The zero-order chi connectivity index (χ0) is 17.4. The summed E-state index contributed by atoms with van der Waals surface area (Å²) >= 11 is 12.4. The Hall–Kier alpha value is -2.61. The Morgan fingerprint density at radius 3 is 2.36 bits per heavy atom. The van der Waals surface area contributed by atoms with Gasteiger partial charge in [-0.3, -0.25) is 14.4 Å². The highest BCUT2D eigenvalue weighted by molar-refractivity contribution is 6.36. The van der Waals surface area contributed by atoms with Gasteiger partial charge in [-0.05, 0) is 18.2 Å². The second kappa shape index (κ2) is 7.10. The minimum Gasteiger partial charge on any atom is -0.412 e. The second-order valence-corrected chi connectivity index (χ2v) is 5.96. The summed E-state index contributed by atoms with van der Waals surface area (Å²) < 4.78 is 1.60. The van der Waals surface area contributed by atoms with E-state index < -0.39 is 16.9 Å². The predicted molar refractivity (Wildman–Crippen MR) is 96.5 cm³/mol. The number of nitrogens with zero attached hydrogens (tertiary/aromatic N) is 1. The lowest BCUT2D eigenvalue weighted by atomic mass is 10.1. The van der Waals surface area contributed by atoms with Crippen LogP contribution in [0.15, 0.2) is 46.1 Å². The van der Waals surface area contributed by atoms with Crippen LogP contribution in [0.25, 0.3) is 11.0 Å². The lowest BCUT2D eigenvalue weighted by Gasteiger charge is -2.14. The van der Waals surface area contributed by atoms with Crippen molar-refractivity contribution < 1.29 is 10.3 Å². The van der Waals surface area contributed by atoms with Gasteiger partial charge in [0.05, 0.1) is 12.1 Å². The maximum absolute atomic E-state index is 12.3. The summed E-state index contributed by atoms with van der Waals surface area (Å²) in [6.45, 7) is 0.196. The molecule has 25 heavy (non-hydrogen) atoms. The predicted octanol–water partition coefficient (Wildman–Crippen LogP) is 1.32. The SMILES string of the molecule is NC(=O)c1cn(Cc2c(Cl)cccc2Cl)c2ccc(=O)[nH]c2c1=O.O. The molecule has 0 unspecified atom stereocenters. The van der Waals surface area contributed by atoms with Crippen molar-refractivity contribution in [2.24, 2.45) is 5.73 Å². The number of carbonyl (C=O) groups excluding carboxylic acids is 1. The fourth-order valence-electron chi connectivity index (χ4n) is 2.46. The van der Waals surface area contributed by atoms with Gasteiger partial charge in [-0.2, -0.15) is 0 Å². The number of rotatable bonds is 3. The summed E-state index contributed by atoms with van der Waals surface area (Å²) in [6.07, 6.45) is 1.34. The number of pyridine rings is 2. The van der Waals surface area contributed by atoms with Crippen LogP contribution in [0.2, 0.25) is 10.0 Å². The quantitative estimate of drug-likeness (QED) is 0.709. The highest BCUT2D eigenvalue weighted by Gasteiger charge is 2.15. The van der Waals surface area contributed by atoms with Gasteiger partial charge in [0.25, 0.3) is 5.91 Å². The largest absolute Gasteiger partial charge is 0.412 e. The van der Waals surface area contributed by atoms with E-state index in [1.165, 1.54) is 18.3 Å². The number of H-pyrrole nitrogens is 1. The number of hydrogen-bond donors (Lipinski definition) is 2. The first-order chi connectivity index (χ1) is 11.4. The summed E-state index contributed by atoms with van der Waals surface area (Å²) in [7, 11) is 0. The van der Waals surface area contributed by atoms with Crippen LogP contribution in [0.5, 0.6) is 0 Å². The number of aromatic amines is 1. The van der Waals surface area contributed by atoms with Crippen molar-refractivity contribution >= 4 is 40.1 Å². The van der Waals surface area contributed by atoms with Crippen molar-refractivity contribution in [2.45, 2.75) is 6.54 Å². The third-order valence-corrected chi connectivity index (χ3v) is 4.33. The molecule has 0 bridgehead atoms. The maximum atomic E-state index is 12.3. The van der Waals surface area contributed by atoms with Gasteiger partial charge in [0.15, 0.2) is 0 Å².